The lowest BCUT2D eigenvalue weighted by molar-refractivity contribution is -0.117. The maximum atomic E-state index is 12.5. The molecule has 0 radical (unpaired) electrons. The van der Waals surface area contributed by atoms with Gasteiger partial charge in [-0.1, -0.05) is 36.4 Å². The SMILES string of the molecule is CC(=O)N1C[C@H]2[C@@H](c3ccccc31)[C@H]1C[C@@H]2N(C(C)=O)c2ccccc21. The van der Waals surface area contributed by atoms with Gasteiger partial charge in [0.05, 0.1) is 0 Å². The van der Waals surface area contributed by atoms with Crippen LogP contribution in [0.1, 0.15) is 43.2 Å². The Labute approximate surface area is 153 Å². The summed E-state index contributed by atoms with van der Waals surface area (Å²) in [5, 5.41) is 0. The third-order valence-corrected chi connectivity index (χ3v) is 6.51. The summed E-state index contributed by atoms with van der Waals surface area (Å²) in [6, 6.07) is 16.8. The Morgan fingerprint density at radius 3 is 2.23 bits per heavy atom. The smallest absolute Gasteiger partial charge is 0.224 e. The lowest BCUT2D eigenvalue weighted by Crippen LogP contribution is -2.49. The maximum Gasteiger partial charge on any atom is 0.224 e. The van der Waals surface area contributed by atoms with Gasteiger partial charge in [-0.25, -0.2) is 0 Å². The van der Waals surface area contributed by atoms with Gasteiger partial charge in [-0.05, 0) is 41.5 Å². The summed E-state index contributed by atoms with van der Waals surface area (Å²) in [5.41, 5.74) is 4.63. The van der Waals surface area contributed by atoms with Gasteiger partial charge in [0.25, 0.3) is 0 Å². The second-order valence-corrected chi connectivity index (χ2v) is 7.74. The molecule has 0 unspecified atom stereocenters. The molecule has 0 saturated heterocycles. The number of fused-ring (bicyclic) bond motifs is 9. The summed E-state index contributed by atoms with van der Waals surface area (Å²) in [5.74, 6) is 1.21. The minimum absolute atomic E-state index is 0.0734. The predicted octanol–water partition coefficient (Wildman–Crippen LogP) is 3.68. The molecule has 4 nitrogen and oxygen atoms in total. The molecule has 1 fully saturated rings. The van der Waals surface area contributed by atoms with Crippen LogP contribution in [0.5, 0.6) is 0 Å². The van der Waals surface area contributed by atoms with Crippen LogP contribution < -0.4 is 9.80 Å². The third kappa shape index (κ3) is 1.96. The van der Waals surface area contributed by atoms with Gasteiger partial charge in [0.1, 0.15) is 0 Å². The van der Waals surface area contributed by atoms with Crippen molar-refractivity contribution in [3.63, 3.8) is 0 Å². The minimum atomic E-state index is 0.0734. The van der Waals surface area contributed by atoms with E-state index in [-0.39, 0.29) is 23.8 Å². The van der Waals surface area contributed by atoms with Gasteiger partial charge in [0.2, 0.25) is 11.8 Å². The van der Waals surface area contributed by atoms with Crippen molar-refractivity contribution in [1.82, 2.24) is 0 Å². The Kier molecular flexibility index (Phi) is 3.27. The Hall–Kier alpha value is -2.62. The minimum Gasteiger partial charge on any atom is -0.312 e. The second kappa shape index (κ2) is 5.44. The standard InChI is InChI=1S/C22H22N2O2/c1-13(25)23-12-18-21-11-17(22(18)16-8-4-5-9-19(16)23)15-7-3-6-10-20(15)24(21)14(2)26/h3-10,17-18,21-22H,11-12H2,1-2H3/t17-,18+,21-,22-/m0/s1. The lowest BCUT2D eigenvalue weighted by atomic mass is 9.77. The van der Waals surface area contributed by atoms with E-state index in [1.807, 2.05) is 21.9 Å². The molecule has 0 spiro atoms. The molecule has 3 aliphatic rings. The van der Waals surface area contributed by atoms with E-state index in [4.69, 9.17) is 0 Å². The van der Waals surface area contributed by atoms with E-state index < -0.39 is 0 Å². The van der Waals surface area contributed by atoms with Crippen LogP contribution in [0.15, 0.2) is 48.5 Å². The van der Waals surface area contributed by atoms with Crippen LogP contribution in [0.25, 0.3) is 0 Å². The zero-order valence-electron chi connectivity index (χ0n) is 15.1. The summed E-state index contributed by atoms with van der Waals surface area (Å²) in [7, 11) is 0. The van der Waals surface area contributed by atoms with Crippen LogP contribution in [-0.4, -0.2) is 24.4 Å². The summed E-state index contributed by atoms with van der Waals surface area (Å²) in [6.45, 7) is 3.98. The molecule has 0 N–H and O–H groups in total. The van der Waals surface area contributed by atoms with Crippen LogP contribution in [0.3, 0.4) is 0 Å². The molecule has 4 heteroatoms. The number of carbonyl (C=O) groups is 2. The Balaban J connectivity index is 1.72. The average Bonchev–Trinajstić information content (AvgIpc) is 2.96. The molecular weight excluding hydrogens is 324 g/mol. The summed E-state index contributed by atoms with van der Waals surface area (Å²) in [4.78, 5) is 28.7. The number of rotatable bonds is 0. The van der Waals surface area contributed by atoms with Gasteiger partial charge >= 0.3 is 0 Å². The van der Waals surface area contributed by atoms with E-state index in [9.17, 15) is 9.59 Å². The van der Waals surface area contributed by atoms with Crippen molar-refractivity contribution in [2.45, 2.75) is 38.1 Å². The van der Waals surface area contributed by atoms with Crippen molar-refractivity contribution >= 4 is 23.2 Å². The number of amides is 2. The largest absolute Gasteiger partial charge is 0.312 e. The summed E-state index contributed by atoms with van der Waals surface area (Å²) in [6.07, 6.45) is 0.978. The molecule has 132 valence electrons. The normalized spacial score (nSPS) is 28.2. The molecule has 4 atom stereocenters. The molecule has 2 bridgehead atoms. The van der Waals surface area contributed by atoms with E-state index in [0.29, 0.717) is 18.4 Å². The number of anilines is 2. The predicted molar refractivity (Wildman–Crippen MR) is 101 cm³/mol. The first-order chi connectivity index (χ1) is 12.6. The highest BCUT2D eigenvalue weighted by atomic mass is 16.2. The Morgan fingerprint density at radius 2 is 1.54 bits per heavy atom. The van der Waals surface area contributed by atoms with E-state index in [1.54, 1.807) is 13.8 Å². The molecule has 1 aliphatic carbocycles. The number of para-hydroxylation sites is 2. The zero-order chi connectivity index (χ0) is 18.0. The molecular formula is C22H22N2O2. The fourth-order valence-electron chi connectivity index (χ4n) is 5.64. The first-order valence-electron chi connectivity index (χ1n) is 9.33. The maximum absolute atomic E-state index is 12.5. The quantitative estimate of drug-likeness (QED) is 0.730. The monoisotopic (exact) mass is 346 g/mol. The molecule has 2 heterocycles. The highest BCUT2D eigenvalue weighted by Gasteiger charge is 2.54. The van der Waals surface area contributed by atoms with Crippen LogP contribution in [0.4, 0.5) is 11.4 Å². The first-order valence-corrected chi connectivity index (χ1v) is 9.33. The van der Waals surface area contributed by atoms with Crippen molar-refractivity contribution in [3.8, 4) is 0 Å². The molecule has 26 heavy (non-hydrogen) atoms. The van der Waals surface area contributed by atoms with Crippen LogP contribution in [0, 0.1) is 5.92 Å². The average molecular weight is 346 g/mol. The molecule has 1 saturated carbocycles. The molecule has 2 aliphatic heterocycles. The Bertz CT molecular complexity index is 922. The van der Waals surface area contributed by atoms with Gasteiger partial charge in [-0.3, -0.25) is 9.59 Å². The lowest BCUT2D eigenvalue weighted by Gasteiger charge is -2.40. The topological polar surface area (TPSA) is 40.6 Å². The molecule has 2 aromatic rings. The number of hydrogen-bond donors (Lipinski definition) is 0. The number of benzene rings is 2. The highest BCUT2D eigenvalue weighted by Crippen LogP contribution is 2.60. The fraction of sp³-hybridized carbons (Fsp3) is 0.364. The molecule has 2 amide bonds. The zero-order valence-corrected chi connectivity index (χ0v) is 15.1. The van der Waals surface area contributed by atoms with Crippen LogP contribution in [0.2, 0.25) is 0 Å². The van der Waals surface area contributed by atoms with E-state index in [0.717, 1.165) is 17.8 Å². The van der Waals surface area contributed by atoms with Gasteiger partial charge in [0, 0.05) is 43.7 Å². The van der Waals surface area contributed by atoms with E-state index >= 15 is 0 Å². The van der Waals surface area contributed by atoms with Gasteiger partial charge < -0.3 is 9.80 Å². The molecule has 2 aromatic carbocycles. The Morgan fingerprint density at radius 1 is 0.885 bits per heavy atom. The molecule has 0 aromatic heterocycles. The van der Waals surface area contributed by atoms with E-state index in [2.05, 4.69) is 36.4 Å². The highest BCUT2D eigenvalue weighted by molar-refractivity contribution is 5.96. The van der Waals surface area contributed by atoms with Crippen LogP contribution >= 0.6 is 0 Å². The van der Waals surface area contributed by atoms with Crippen molar-refractivity contribution in [1.29, 1.82) is 0 Å². The van der Waals surface area contributed by atoms with E-state index in [1.165, 1.54) is 11.1 Å². The third-order valence-electron chi connectivity index (χ3n) is 6.51. The second-order valence-electron chi connectivity index (χ2n) is 7.74. The number of carbonyl (C=O) groups excluding carboxylic acids is 2. The van der Waals surface area contributed by atoms with Crippen molar-refractivity contribution in [2.75, 3.05) is 16.3 Å². The van der Waals surface area contributed by atoms with Gasteiger partial charge in [-0.2, -0.15) is 0 Å². The van der Waals surface area contributed by atoms with Gasteiger partial charge in [-0.15, -0.1) is 0 Å². The molecule has 5 rings (SSSR count). The first kappa shape index (κ1) is 15.6. The number of nitrogens with zero attached hydrogens (tertiary/aromatic N) is 2. The van der Waals surface area contributed by atoms with Crippen LogP contribution in [-0.2, 0) is 9.59 Å². The van der Waals surface area contributed by atoms with Crippen molar-refractivity contribution < 1.29 is 9.59 Å². The fourth-order valence-corrected chi connectivity index (χ4v) is 5.64. The van der Waals surface area contributed by atoms with Crippen molar-refractivity contribution in [2.24, 2.45) is 5.92 Å². The number of hydrogen-bond acceptors (Lipinski definition) is 2. The summed E-state index contributed by atoms with van der Waals surface area (Å²) < 4.78 is 0. The summed E-state index contributed by atoms with van der Waals surface area (Å²) >= 11 is 0. The van der Waals surface area contributed by atoms with Gasteiger partial charge in [0.15, 0.2) is 0 Å². The van der Waals surface area contributed by atoms with Crippen molar-refractivity contribution in [3.05, 3.63) is 59.7 Å².